The minimum atomic E-state index is -0.175. The summed E-state index contributed by atoms with van der Waals surface area (Å²) in [5, 5.41) is 3.57. The zero-order chi connectivity index (χ0) is 24.2. The summed E-state index contributed by atoms with van der Waals surface area (Å²) in [5.41, 5.74) is 3.25. The molecule has 1 aliphatic carbocycles. The summed E-state index contributed by atoms with van der Waals surface area (Å²) in [4.78, 5) is 26.6. The van der Waals surface area contributed by atoms with Gasteiger partial charge >= 0.3 is 0 Å². The Bertz CT molecular complexity index is 1380. The van der Waals surface area contributed by atoms with Crippen molar-refractivity contribution < 1.29 is 9.53 Å². The second-order valence-electron chi connectivity index (χ2n) is 9.18. The Morgan fingerprint density at radius 1 is 0.971 bits per heavy atom. The van der Waals surface area contributed by atoms with Crippen LogP contribution in [0.15, 0.2) is 77.6 Å². The molecule has 180 valence electrons. The van der Waals surface area contributed by atoms with Gasteiger partial charge < -0.3 is 10.1 Å². The van der Waals surface area contributed by atoms with E-state index in [1.165, 1.54) is 19.3 Å². The van der Waals surface area contributed by atoms with Crippen LogP contribution in [0.1, 0.15) is 54.1 Å². The standard InChI is InChI=1S/C29H31N3O3/c1-35-25-14-8-9-21(19-25)17-18-30-28(33)22-15-16-27-26(20-22)29(34)32(24-12-6-3-7-13-24)31(27)23-10-4-2-5-11-23/h3,6-9,12-16,19-20,23H,2,4-5,10-11,17-18H2,1H3,(H,30,33). The number of aromatic nitrogens is 2. The van der Waals surface area contributed by atoms with Crippen molar-refractivity contribution in [1.29, 1.82) is 0 Å². The molecule has 0 atom stereocenters. The van der Waals surface area contributed by atoms with Crippen LogP contribution < -0.4 is 15.6 Å². The number of carbonyl (C=O) groups is 1. The zero-order valence-electron chi connectivity index (χ0n) is 20.1. The van der Waals surface area contributed by atoms with Crippen LogP contribution in [0.3, 0.4) is 0 Å². The maximum Gasteiger partial charge on any atom is 0.279 e. The van der Waals surface area contributed by atoms with Gasteiger partial charge in [-0.25, -0.2) is 4.68 Å². The van der Waals surface area contributed by atoms with E-state index in [0.717, 1.165) is 35.4 Å². The Morgan fingerprint density at radius 3 is 2.54 bits per heavy atom. The summed E-state index contributed by atoms with van der Waals surface area (Å²) >= 11 is 0. The average molecular weight is 470 g/mol. The van der Waals surface area contributed by atoms with Crippen molar-refractivity contribution in [2.45, 2.75) is 44.6 Å². The number of methoxy groups -OCH3 is 1. The van der Waals surface area contributed by atoms with E-state index in [2.05, 4.69) is 10.00 Å². The number of hydrogen-bond donors (Lipinski definition) is 1. The third kappa shape index (κ3) is 4.74. The van der Waals surface area contributed by atoms with Gasteiger partial charge in [0.05, 0.1) is 29.7 Å². The molecule has 0 saturated heterocycles. The quantitative estimate of drug-likeness (QED) is 0.401. The summed E-state index contributed by atoms with van der Waals surface area (Å²) in [6.07, 6.45) is 6.39. The molecule has 0 radical (unpaired) electrons. The van der Waals surface area contributed by atoms with Crippen molar-refractivity contribution in [3.05, 3.63) is 94.3 Å². The first-order chi connectivity index (χ1) is 17.2. The first kappa shape index (κ1) is 23.0. The third-order valence-corrected chi connectivity index (χ3v) is 6.90. The van der Waals surface area contributed by atoms with Crippen molar-refractivity contribution in [3.8, 4) is 11.4 Å². The third-order valence-electron chi connectivity index (χ3n) is 6.90. The molecular weight excluding hydrogens is 438 g/mol. The molecule has 1 amide bonds. The number of para-hydroxylation sites is 1. The van der Waals surface area contributed by atoms with E-state index in [0.29, 0.717) is 23.9 Å². The zero-order valence-corrected chi connectivity index (χ0v) is 20.1. The first-order valence-corrected chi connectivity index (χ1v) is 12.4. The second-order valence-corrected chi connectivity index (χ2v) is 9.18. The largest absolute Gasteiger partial charge is 0.497 e. The molecule has 0 spiro atoms. The number of carbonyl (C=O) groups excluding carboxylic acids is 1. The number of hydrogen-bond acceptors (Lipinski definition) is 3. The molecule has 1 saturated carbocycles. The highest BCUT2D eigenvalue weighted by molar-refractivity contribution is 5.98. The molecule has 3 aromatic carbocycles. The van der Waals surface area contributed by atoms with E-state index in [1.54, 1.807) is 17.9 Å². The van der Waals surface area contributed by atoms with Gasteiger partial charge in [-0.15, -0.1) is 0 Å². The van der Waals surface area contributed by atoms with Gasteiger partial charge in [-0.1, -0.05) is 49.6 Å². The molecular formula is C29H31N3O3. The predicted octanol–water partition coefficient (Wildman–Crippen LogP) is 5.28. The van der Waals surface area contributed by atoms with Crippen molar-refractivity contribution in [1.82, 2.24) is 14.7 Å². The number of nitrogens with one attached hydrogen (secondary N) is 1. The van der Waals surface area contributed by atoms with Gasteiger partial charge in [0.15, 0.2) is 0 Å². The molecule has 0 aliphatic heterocycles. The first-order valence-electron chi connectivity index (χ1n) is 12.4. The van der Waals surface area contributed by atoms with Gasteiger partial charge in [0, 0.05) is 12.1 Å². The van der Waals surface area contributed by atoms with Crippen molar-refractivity contribution in [2.75, 3.05) is 13.7 Å². The van der Waals surface area contributed by atoms with Crippen LogP contribution in [0.4, 0.5) is 0 Å². The summed E-state index contributed by atoms with van der Waals surface area (Å²) in [7, 11) is 1.64. The molecule has 6 heteroatoms. The minimum Gasteiger partial charge on any atom is -0.497 e. The van der Waals surface area contributed by atoms with E-state index in [-0.39, 0.29) is 17.5 Å². The second kappa shape index (κ2) is 10.2. The molecule has 1 aromatic heterocycles. The smallest absolute Gasteiger partial charge is 0.279 e. The highest BCUT2D eigenvalue weighted by Crippen LogP contribution is 2.31. The highest BCUT2D eigenvalue weighted by Gasteiger charge is 2.24. The maximum atomic E-state index is 13.6. The lowest BCUT2D eigenvalue weighted by molar-refractivity contribution is 0.0954. The number of benzene rings is 3. The minimum absolute atomic E-state index is 0.0807. The van der Waals surface area contributed by atoms with Gasteiger partial charge in [-0.3, -0.25) is 14.3 Å². The molecule has 0 bridgehead atoms. The molecule has 35 heavy (non-hydrogen) atoms. The number of nitrogens with zero attached hydrogens (tertiary/aromatic N) is 2. The van der Waals surface area contributed by atoms with Gasteiger partial charge in [-0.2, -0.15) is 0 Å². The Labute approximate surface area is 205 Å². The summed E-state index contributed by atoms with van der Waals surface area (Å²) < 4.78 is 9.23. The molecule has 1 heterocycles. The molecule has 1 fully saturated rings. The Morgan fingerprint density at radius 2 is 1.77 bits per heavy atom. The predicted molar refractivity (Wildman–Crippen MR) is 139 cm³/mol. The van der Waals surface area contributed by atoms with Gasteiger partial charge in [0.25, 0.3) is 11.5 Å². The average Bonchev–Trinajstić information content (AvgIpc) is 3.21. The lowest BCUT2D eigenvalue weighted by atomic mass is 9.95. The van der Waals surface area contributed by atoms with Crippen LogP contribution >= 0.6 is 0 Å². The summed E-state index contributed by atoms with van der Waals surface area (Å²) in [5.74, 6) is 0.627. The monoisotopic (exact) mass is 469 g/mol. The number of ether oxygens (including phenoxy) is 1. The van der Waals surface area contributed by atoms with Crippen molar-refractivity contribution in [2.24, 2.45) is 0 Å². The Hall–Kier alpha value is -3.80. The van der Waals surface area contributed by atoms with E-state index in [1.807, 2.05) is 66.7 Å². The lowest BCUT2D eigenvalue weighted by Crippen LogP contribution is -2.26. The van der Waals surface area contributed by atoms with Gasteiger partial charge in [-0.05, 0) is 67.3 Å². The van der Waals surface area contributed by atoms with Crippen LogP contribution in [0.2, 0.25) is 0 Å². The van der Waals surface area contributed by atoms with Gasteiger partial charge in [0.1, 0.15) is 5.75 Å². The number of rotatable bonds is 7. The molecule has 5 rings (SSSR count). The van der Waals surface area contributed by atoms with E-state index in [9.17, 15) is 9.59 Å². The fourth-order valence-electron chi connectivity index (χ4n) is 5.11. The number of fused-ring (bicyclic) bond motifs is 1. The molecule has 0 unspecified atom stereocenters. The maximum absolute atomic E-state index is 13.6. The molecule has 1 N–H and O–H groups in total. The van der Waals surface area contributed by atoms with Crippen LogP contribution in [0, 0.1) is 0 Å². The fourth-order valence-corrected chi connectivity index (χ4v) is 5.11. The van der Waals surface area contributed by atoms with Crippen LogP contribution in [-0.4, -0.2) is 28.9 Å². The lowest BCUT2D eigenvalue weighted by Gasteiger charge is -2.26. The summed E-state index contributed by atoms with van der Waals surface area (Å²) in [6, 6.07) is 23.4. The van der Waals surface area contributed by atoms with Crippen LogP contribution in [-0.2, 0) is 6.42 Å². The highest BCUT2D eigenvalue weighted by atomic mass is 16.5. The van der Waals surface area contributed by atoms with E-state index in [4.69, 9.17) is 4.74 Å². The SMILES string of the molecule is COc1cccc(CCNC(=O)c2ccc3c(c2)c(=O)n(-c2ccccc2)n3C2CCCCC2)c1. The molecule has 4 aromatic rings. The molecule has 1 aliphatic rings. The van der Waals surface area contributed by atoms with E-state index < -0.39 is 0 Å². The number of amides is 1. The Balaban J connectivity index is 1.43. The van der Waals surface area contributed by atoms with E-state index >= 15 is 0 Å². The van der Waals surface area contributed by atoms with Crippen LogP contribution in [0.5, 0.6) is 5.75 Å². The van der Waals surface area contributed by atoms with Crippen molar-refractivity contribution in [3.63, 3.8) is 0 Å². The summed E-state index contributed by atoms with van der Waals surface area (Å²) in [6.45, 7) is 0.501. The van der Waals surface area contributed by atoms with Crippen LogP contribution in [0.25, 0.3) is 16.6 Å². The van der Waals surface area contributed by atoms with Crippen molar-refractivity contribution >= 4 is 16.8 Å². The fraction of sp³-hybridized carbons (Fsp3) is 0.310. The topological polar surface area (TPSA) is 65.3 Å². The Kier molecular flexibility index (Phi) is 6.70. The normalized spacial score (nSPS) is 14.2. The van der Waals surface area contributed by atoms with Gasteiger partial charge in [0.2, 0.25) is 0 Å². The molecule has 6 nitrogen and oxygen atoms in total.